The first-order valence-electron chi connectivity index (χ1n) is 16.2. The predicted octanol–water partition coefficient (Wildman–Crippen LogP) is 0.447. The number of fused-ring (bicyclic) bond motifs is 1. The van der Waals surface area contributed by atoms with Gasteiger partial charge in [0.05, 0.1) is 10.3 Å². The second-order valence-electron chi connectivity index (χ2n) is 12.4. The number of nitrogens with one attached hydrogen (secondary N) is 2. The zero-order valence-corrected chi connectivity index (χ0v) is 29.7. The fourth-order valence-corrected chi connectivity index (χ4v) is 7.78. The van der Waals surface area contributed by atoms with Gasteiger partial charge in [0.2, 0.25) is 11.8 Å². The molecular weight excluding hydrogens is 718 g/mol. The molecule has 0 radical (unpaired) electrons. The molecule has 3 fully saturated rings. The summed E-state index contributed by atoms with van der Waals surface area (Å²) in [6, 6.07) is 6.39. The summed E-state index contributed by atoms with van der Waals surface area (Å²) in [5.41, 5.74) is 0.178. The molecule has 53 heavy (non-hydrogen) atoms. The number of ether oxygens (including phenoxy) is 3. The molecule has 0 saturated carbocycles. The van der Waals surface area contributed by atoms with Crippen molar-refractivity contribution in [2.45, 2.75) is 55.9 Å². The van der Waals surface area contributed by atoms with Gasteiger partial charge in [0.15, 0.2) is 11.5 Å². The van der Waals surface area contributed by atoms with E-state index >= 15 is 0 Å². The molecule has 3 heterocycles. The van der Waals surface area contributed by atoms with Crippen LogP contribution in [0.5, 0.6) is 11.5 Å². The number of carbonyl (C=O) groups is 9. The summed E-state index contributed by atoms with van der Waals surface area (Å²) in [4.78, 5) is 117. The van der Waals surface area contributed by atoms with Gasteiger partial charge in [-0.3, -0.25) is 33.7 Å². The number of esters is 3. The van der Waals surface area contributed by atoms with Crippen LogP contribution in [0.15, 0.2) is 48.5 Å². The lowest BCUT2D eigenvalue weighted by molar-refractivity contribution is -0.161. The molecule has 18 nitrogen and oxygen atoms in total. The number of thioether (sulfide) groups is 1. The molecule has 2 aromatic carbocycles. The molecule has 3 aliphatic rings. The molecule has 2 unspecified atom stereocenters. The molecule has 0 bridgehead atoms. The van der Waals surface area contributed by atoms with Gasteiger partial charge in [0, 0.05) is 33.5 Å². The smallest absolute Gasteiger partial charge is 0.338 e. The number of benzene rings is 2. The molecular formula is C34H35N5O13S. The summed E-state index contributed by atoms with van der Waals surface area (Å²) in [5, 5.41) is 14.3. The zero-order chi connectivity index (χ0) is 38.8. The Bertz CT molecular complexity index is 1890. The third kappa shape index (κ3) is 7.79. The maximum absolute atomic E-state index is 13.7. The molecule has 19 heteroatoms. The van der Waals surface area contributed by atoms with Crippen LogP contribution in [0.2, 0.25) is 0 Å². The number of urea groups is 1. The Morgan fingerprint density at radius 1 is 0.943 bits per heavy atom. The fraction of sp³-hybridized carbons (Fsp3) is 0.382. The van der Waals surface area contributed by atoms with E-state index in [2.05, 4.69) is 10.6 Å². The molecule has 5 rings (SSSR count). The number of likely N-dealkylation sites (N-methyl/N-ethyl adjacent to an activating group) is 1. The van der Waals surface area contributed by atoms with Crippen molar-refractivity contribution < 1.29 is 62.5 Å². The van der Waals surface area contributed by atoms with Gasteiger partial charge < -0.3 is 39.8 Å². The van der Waals surface area contributed by atoms with Gasteiger partial charge in [0.1, 0.15) is 30.1 Å². The van der Waals surface area contributed by atoms with Gasteiger partial charge in [-0.1, -0.05) is 30.3 Å². The summed E-state index contributed by atoms with van der Waals surface area (Å²) < 4.78 is 14.1. The highest BCUT2D eigenvalue weighted by atomic mass is 32.2. The zero-order valence-electron chi connectivity index (χ0n) is 28.9. The van der Waals surface area contributed by atoms with E-state index < -0.39 is 88.4 Å². The molecule has 2 aromatic rings. The van der Waals surface area contributed by atoms with Crippen molar-refractivity contribution in [1.82, 2.24) is 25.3 Å². The van der Waals surface area contributed by atoms with E-state index in [0.717, 1.165) is 36.6 Å². The summed E-state index contributed by atoms with van der Waals surface area (Å²) >= 11 is 0.981. The summed E-state index contributed by atoms with van der Waals surface area (Å²) in [6.45, 7) is 5.17. The number of aliphatic carboxylic acids is 1. The number of nitrogens with zero attached hydrogens (tertiary/aromatic N) is 3. The fourth-order valence-electron chi connectivity index (χ4n) is 6.10. The normalized spacial score (nSPS) is 22.6. The van der Waals surface area contributed by atoms with E-state index in [1.807, 2.05) is 0 Å². The number of β-lactam (4-membered cyclic amide) rings is 1. The third-order valence-corrected chi connectivity index (χ3v) is 10.3. The Labute approximate surface area is 306 Å². The number of carbonyl (C=O) groups excluding carboxylic acids is 8. The van der Waals surface area contributed by atoms with Crippen molar-refractivity contribution in [3.8, 4) is 11.5 Å². The molecule has 5 atom stereocenters. The largest absolute Gasteiger partial charge is 0.480 e. The van der Waals surface area contributed by atoms with Gasteiger partial charge >= 0.3 is 41.7 Å². The number of rotatable bonds is 11. The minimum absolute atomic E-state index is 0.102. The highest BCUT2D eigenvalue weighted by Gasteiger charge is 2.66. The Kier molecular flexibility index (Phi) is 11.1. The molecule has 3 N–H and O–H groups in total. The van der Waals surface area contributed by atoms with Crippen LogP contribution in [0.3, 0.4) is 0 Å². The number of piperazine rings is 1. The van der Waals surface area contributed by atoms with Gasteiger partial charge in [-0.25, -0.2) is 14.4 Å². The molecule has 0 spiro atoms. The highest BCUT2D eigenvalue weighted by Crippen LogP contribution is 2.51. The van der Waals surface area contributed by atoms with Crippen LogP contribution in [0.1, 0.15) is 49.7 Å². The van der Waals surface area contributed by atoms with Crippen molar-refractivity contribution in [3.63, 3.8) is 0 Å². The minimum atomic E-state index is -1.48. The quantitative estimate of drug-likeness (QED) is 0.122. The Hall–Kier alpha value is -5.98. The summed E-state index contributed by atoms with van der Waals surface area (Å²) in [5.74, 6) is -7.66. The number of hydrogen-bond acceptors (Lipinski definition) is 13. The standard InChI is InChI=1S/C34H35N5O13S/c1-5-37-13-14-38(29(45)28(37)44)33(49)36-23(19-9-7-6-8-10-19)26(42)35-24-27(43)39-25(31(46)47)34(4,53-30(24)39)16-50-32(48)20-11-12-21(51-17(2)40)22(15-20)52-18(3)41/h6-12,15,23-25,30H,5,13-14,16H2,1-4H3,(H,35,42)(H,36,49)(H,46,47)/t23-,24?,25?,30+,34+/m1/s1. The Morgan fingerprint density at radius 2 is 1.60 bits per heavy atom. The van der Waals surface area contributed by atoms with Crippen molar-refractivity contribution in [2.24, 2.45) is 0 Å². The topological polar surface area (TPSA) is 235 Å². The van der Waals surface area contributed by atoms with E-state index in [1.165, 1.54) is 36.1 Å². The van der Waals surface area contributed by atoms with Crippen LogP contribution in [0.4, 0.5) is 4.79 Å². The first kappa shape index (κ1) is 38.3. The lowest BCUT2D eigenvalue weighted by atomic mass is 9.94. The monoisotopic (exact) mass is 753 g/mol. The molecule has 3 aliphatic heterocycles. The number of amides is 6. The maximum Gasteiger partial charge on any atom is 0.338 e. The third-order valence-electron chi connectivity index (χ3n) is 8.63. The van der Waals surface area contributed by atoms with Crippen LogP contribution in [-0.2, 0) is 38.3 Å². The van der Waals surface area contributed by atoms with E-state index in [-0.39, 0.29) is 36.7 Å². The van der Waals surface area contributed by atoms with Crippen LogP contribution in [0.25, 0.3) is 0 Å². The molecule has 0 aliphatic carbocycles. The molecule has 6 amide bonds. The van der Waals surface area contributed by atoms with E-state index in [1.54, 1.807) is 25.1 Å². The average Bonchev–Trinajstić information content (AvgIpc) is 3.39. The van der Waals surface area contributed by atoms with Crippen molar-refractivity contribution >= 4 is 65.3 Å². The van der Waals surface area contributed by atoms with Gasteiger partial charge in [-0.05, 0) is 37.6 Å². The van der Waals surface area contributed by atoms with Crippen LogP contribution >= 0.6 is 11.8 Å². The average molecular weight is 754 g/mol. The van der Waals surface area contributed by atoms with Crippen molar-refractivity contribution in [3.05, 3.63) is 59.7 Å². The molecule has 3 saturated heterocycles. The number of hydrogen-bond donors (Lipinski definition) is 3. The minimum Gasteiger partial charge on any atom is -0.480 e. The van der Waals surface area contributed by atoms with Gasteiger partial charge in [-0.2, -0.15) is 0 Å². The second kappa shape index (κ2) is 15.3. The SMILES string of the molecule is CCN1CCN(C(=O)N[C@@H](C(=O)NC2C(=O)N3C(C(=O)O)[C@](C)(COC(=O)c4ccc(OC(C)=O)c(OC(C)=O)c4)S[C@@H]23)c2ccccc2)C(=O)C1=O. The van der Waals surface area contributed by atoms with Crippen molar-refractivity contribution in [2.75, 3.05) is 26.2 Å². The summed E-state index contributed by atoms with van der Waals surface area (Å²) in [7, 11) is 0. The first-order chi connectivity index (χ1) is 25.1. The highest BCUT2D eigenvalue weighted by molar-refractivity contribution is 8.01. The van der Waals surface area contributed by atoms with Crippen LogP contribution < -0.4 is 20.1 Å². The lowest BCUT2D eigenvalue weighted by Gasteiger charge is -2.44. The van der Waals surface area contributed by atoms with E-state index in [9.17, 15) is 48.3 Å². The van der Waals surface area contributed by atoms with Gasteiger partial charge in [-0.15, -0.1) is 11.8 Å². The summed E-state index contributed by atoms with van der Waals surface area (Å²) in [6.07, 6.45) is 0. The van der Waals surface area contributed by atoms with Crippen LogP contribution in [0, 0.1) is 0 Å². The van der Waals surface area contributed by atoms with E-state index in [4.69, 9.17) is 14.2 Å². The Morgan fingerprint density at radius 3 is 2.23 bits per heavy atom. The van der Waals surface area contributed by atoms with Gasteiger partial charge in [0.25, 0.3) is 0 Å². The molecule has 0 aromatic heterocycles. The Balaban J connectivity index is 1.30. The van der Waals surface area contributed by atoms with E-state index in [0.29, 0.717) is 10.5 Å². The number of imide groups is 1. The predicted molar refractivity (Wildman–Crippen MR) is 181 cm³/mol. The maximum atomic E-state index is 13.7. The van der Waals surface area contributed by atoms with Crippen LogP contribution in [-0.4, -0.2) is 122 Å². The molecule has 280 valence electrons. The number of carboxylic acid groups (broad SMARTS) is 1. The lowest BCUT2D eigenvalue weighted by Crippen LogP contribution is -2.71. The number of carboxylic acids is 1. The second-order valence-corrected chi connectivity index (χ2v) is 14.0. The van der Waals surface area contributed by atoms with Crippen molar-refractivity contribution in [1.29, 1.82) is 0 Å². The first-order valence-corrected chi connectivity index (χ1v) is 17.1.